The second-order valence-corrected chi connectivity index (χ2v) is 13.0. The number of hydrogen-bond donors (Lipinski definition) is 1. The van der Waals surface area contributed by atoms with E-state index in [2.05, 4.69) is 15.0 Å². The lowest BCUT2D eigenvalue weighted by Crippen LogP contribution is -2.42. The minimum Gasteiger partial charge on any atom is -0.476 e. The zero-order valence-corrected chi connectivity index (χ0v) is 24.2. The van der Waals surface area contributed by atoms with E-state index in [-0.39, 0.29) is 25.0 Å². The third kappa shape index (κ3) is 4.99. The van der Waals surface area contributed by atoms with Crippen molar-refractivity contribution in [2.45, 2.75) is 62.7 Å². The number of nitrogens with zero attached hydrogens (tertiary/aromatic N) is 4. The zero-order chi connectivity index (χ0) is 29.1. The van der Waals surface area contributed by atoms with E-state index >= 15 is 0 Å². The Bertz CT molecular complexity index is 1570. The molecule has 0 radical (unpaired) electrons. The SMILES string of the molecule is CC12OC(=O)OC1C(COP1(=O)OCCC(c3cccc(Cl)c3)O1)OC2n1cnc2c(OCC3CCC3)nc(N)nc21. The van der Waals surface area contributed by atoms with Crippen molar-refractivity contribution in [2.75, 3.05) is 25.6 Å². The zero-order valence-electron chi connectivity index (χ0n) is 22.6. The number of benzene rings is 1. The Morgan fingerprint density at radius 2 is 2.10 bits per heavy atom. The van der Waals surface area contributed by atoms with Gasteiger partial charge >= 0.3 is 14.0 Å². The summed E-state index contributed by atoms with van der Waals surface area (Å²) >= 11 is 6.12. The first kappa shape index (κ1) is 27.8. The number of phosphoric acid groups is 1. The highest BCUT2D eigenvalue weighted by Gasteiger charge is 2.64. The Balaban J connectivity index is 1.11. The molecule has 3 saturated heterocycles. The van der Waals surface area contributed by atoms with Crippen LogP contribution in [-0.4, -0.2) is 63.3 Å². The van der Waals surface area contributed by atoms with Crippen LogP contribution in [0.25, 0.3) is 11.2 Å². The topological polar surface area (TPSA) is 168 Å². The summed E-state index contributed by atoms with van der Waals surface area (Å²) < 4.78 is 55.3. The maximum Gasteiger partial charge on any atom is 0.509 e. The fraction of sp³-hybridized carbons (Fsp3) is 0.538. The number of fused-ring (bicyclic) bond motifs is 2. The molecule has 14 nitrogen and oxygen atoms in total. The van der Waals surface area contributed by atoms with Gasteiger partial charge in [0, 0.05) is 11.4 Å². The lowest BCUT2D eigenvalue weighted by Gasteiger charge is -2.30. The van der Waals surface area contributed by atoms with Gasteiger partial charge in [-0.2, -0.15) is 9.97 Å². The van der Waals surface area contributed by atoms with E-state index in [0.29, 0.717) is 35.1 Å². The van der Waals surface area contributed by atoms with Crippen LogP contribution in [0, 0.1) is 5.92 Å². The van der Waals surface area contributed by atoms with Crippen molar-refractivity contribution in [1.29, 1.82) is 0 Å². The highest BCUT2D eigenvalue weighted by molar-refractivity contribution is 7.48. The van der Waals surface area contributed by atoms with Crippen LogP contribution in [0.1, 0.15) is 50.5 Å². The summed E-state index contributed by atoms with van der Waals surface area (Å²) in [6.07, 6.45) is 1.17. The molecule has 16 heteroatoms. The molecule has 4 aliphatic rings. The van der Waals surface area contributed by atoms with Gasteiger partial charge in [0.15, 0.2) is 29.1 Å². The number of carbonyl (C=O) groups is 1. The molecular weight excluding hydrogens is 593 g/mol. The summed E-state index contributed by atoms with van der Waals surface area (Å²) in [6.45, 7) is 2.04. The quantitative estimate of drug-likeness (QED) is 0.271. The Morgan fingerprint density at radius 3 is 2.88 bits per heavy atom. The van der Waals surface area contributed by atoms with Crippen molar-refractivity contribution in [3.05, 3.63) is 41.2 Å². The summed E-state index contributed by atoms with van der Waals surface area (Å²) in [6, 6.07) is 7.09. The number of rotatable bonds is 8. The monoisotopic (exact) mass is 621 g/mol. The van der Waals surface area contributed by atoms with Crippen LogP contribution in [0.2, 0.25) is 5.02 Å². The number of ether oxygens (including phenoxy) is 4. The number of hydrogen-bond acceptors (Lipinski definition) is 13. The second-order valence-electron chi connectivity index (χ2n) is 10.9. The van der Waals surface area contributed by atoms with Gasteiger partial charge in [0.05, 0.1) is 32.3 Å². The molecule has 4 fully saturated rings. The van der Waals surface area contributed by atoms with Gasteiger partial charge in [0.2, 0.25) is 11.8 Å². The van der Waals surface area contributed by atoms with Gasteiger partial charge in [-0.1, -0.05) is 30.2 Å². The molecule has 3 aromatic rings. The summed E-state index contributed by atoms with van der Waals surface area (Å²) in [5, 5.41) is 0.530. The van der Waals surface area contributed by atoms with E-state index in [1.54, 1.807) is 29.7 Å². The normalized spacial score (nSPS) is 32.8. The lowest BCUT2D eigenvalue weighted by atomic mass is 9.86. The number of halogens is 1. The van der Waals surface area contributed by atoms with Gasteiger partial charge in [-0.3, -0.25) is 18.1 Å². The first-order valence-electron chi connectivity index (χ1n) is 13.7. The fourth-order valence-corrected chi connectivity index (χ4v) is 7.26. The van der Waals surface area contributed by atoms with Crippen LogP contribution in [0.15, 0.2) is 30.6 Å². The molecule has 1 aromatic carbocycles. The summed E-state index contributed by atoms with van der Waals surface area (Å²) in [5.41, 5.74) is 6.18. The number of anilines is 1. The second kappa shape index (κ2) is 10.6. The van der Waals surface area contributed by atoms with Gasteiger partial charge < -0.3 is 24.7 Å². The smallest absolute Gasteiger partial charge is 0.476 e. The lowest BCUT2D eigenvalue weighted by molar-refractivity contribution is -0.0925. The maximum absolute atomic E-state index is 13.4. The molecule has 3 aliphatic heterocycles. The standard InChI is InChI=1S/C26H29ClN5O9P/c1-26-20(39-25(33)40-26)18(12-37-42(34)36-9-8-17(41-42)15-6-3-7-16(27)10-15)38-23(26)32-13-29-19-21(32)30-24(28)31-22(19)35-11-14-4-2-5-14/h3,6-7,10,13-14,17-18,20,23H,2,4-5,8-9,11-12H2,1H3,(H2,28,30,31). The van der Waals surface area contributed by atoms with E-state index < -0.39 is 44.1 Å². The third-order valence-corrected chi connectivity index (χ3v) is 9.78. The van der Waals surface area contributed by atoms with E-state index in [4.69, 9.17) is 49.9 Å². The van der Waals surface area contributed by atoms with Gasteiger partial charge in [-0.15, -0.1) is 0 Å². The molecule has 0 spiro atoms. The molecule has 6 atom stereocenters. The average molecular weight is 622 g/mol. The highest BCUT2D eigenvalue weighted by Crippen LogP contribution is 2.58. The number of nitrogens with two attached hydrogens (primary N) is 1. The van der Waals surface area contributed by atoms with Gasteiger partial charge in [-0.25, -0.2) is 14.3 Å². The molecule has 224 valence electrons. The molecule has 0 bridgehead atoms. The third-order valence-electron chi connectivity index (χ3n) is 8.07. The summed E-state index contributed by atoms with van der Waals surface area (Å²) in [7, 11) is -4.00. The van der Waals surface area contributed by atoms with Gasteiger partial charge in [0.1, 0.15) is 6.10 Å². The Morgan fingerprint density at radius 1 is 1.24 bits per heavy atom. The van der Waals surface area contributed by atoms with Crippen molar-refractivity contribution in [3.63, 3.8) is 0 Å². The number of imidazole rings is 1. The van der Waals surface area contributed by atoms with Crippen molar-refractivity contribution in [3.8, 4) is 5.88 Å². The molecule has 42 heavy (non-hydrogen) atoms. The molecule has 1 aliphatic carbocycles. The molecule has 5 heterocycles. The Labute approximate surface area is 245 Å². The Kier molecular flexibility index (Phi) is 7.03. The molecular formula is C26H29ClN5O9P. The molecule has 1 saturated carbocycles. The predicted octanol–water partition coefficient (Wildman–Crippen LogP) is 4.74. The van der Waals surface area contributed by atoms with Gasteiger partial charge in [-0.05, 0) is 43.4 Å². The first-order valence-corrected chi connectivity index (χ1v) is 15.6. The average Bonchev–Trinajstić information content (AvgIpc) is 3.55. The number of carbonyl (C=O) groups excluding carboxylic acids is 1. The molecule has 2 aromatic heterocycles. The van der Waals surface area contributed by atoms with Crippen LogP contribution in [0.4, 0.5) is 10.7 Å². The molecule has 7 rings (SSSR count). The van der Waals surface area contributed by atoms with Crippen LogP contribution < -0.4 is 10.5 Å². The van der Waals surface area contributed by atoms with Crippen LogP contribution >= 0.6 is 19.4 Å². The van der Waals surface area contributed by atoms with E-state index in [0.717, 1.165) is 18.4 Å². The van der Waals surface area contributed by atoms with E-state index in [1.165, 1.54) is 12.7 Å². The summed E-state index contributed by atoms with van der Waals surface area (Å²) in [4.78, 5) is 25.4. The van der Waals surface area contributed by atoms with E-state index in [1.807, 2.05) is 6.07 Å². The number of aromatic nitrogens is 4. The van der Waals surface area contributed by atoms with Crippen LogP contribution in [0.3, 0.4) is 0 Å². The van der Waals surface area contributed by atoms with Gasteiger partial charge in [0.25, 0.3) is 0 Å². The van der Waals surface area contributed by atoms with Crippen molar-refractivity contribution < 1.29 is 41.9 Å². The Hall–Kier alpha value is -3.00. The minimum absolute atomic E-state index is 0.00828. The predicted molar refractivity (Wildman–Crippen MR) is 146 cm³/mol. The van der Waals surface area contributed by atoms with Crippen LogP contribution in [-0.2, 0) is 32.3 Å². The fourth-order valence-electron chi connectivity index (χ4n) is 5.67. The van der Waals surface area contributed by atoms with Crippen molar-refractivity contribution >= 4 is 42.7 Å². The van der Waals surface area contributed by atoms with Crippen LogP contribution in [0.5, 0.6) is 5.88 Å². The minimum atomic E-state index is -4.00. The maximum atomic E-state index is 13.4. The highest BCUT2D eigenvalue weighted by atomic mass is 35.5. The van der Waals surface area contributed by atoms with Crippen molar-refractivity contribution in [2.24, 2.45) is 5.92 Å². The molecule has 2 N–H and O–H groups in total. The van der Waals surface area contributed by atoms with Crippen molar-refractivity contribution in [1.82, 2.24) is 19.5 Å². The molecule has 6 unspecified atom stereocenters. The first-order chi connectivity index (χ1) is 20.2. The number of nitrogen functional groups attached to an aromatic ring is 1. The van der Waals surface area contributed by atoms with E-state index in [9.17, 15) is 9.36 Å². The largest absolute Gasteiger partial charge is 0.509 e. The number of phosphoric ester groups is 1. The summed E-state index contributed by atoms with van der Waals surface area (Å²) in [5.74, 6) is 0.726. The molecule has 0 amide bonds.